The molecule has 0 saturated carbocycles. The van der Waals surface area contributed by atoms with Gasteiger partial charge in [0.2, 0.25) is 0 Å². The number of aryl methyl sites for hydroxylation is 2. The molecule has 0 spiro atoms. The van der Waals surface area contributed by atoms with E-state index in [0.717, 1.165) is 10.8 Å². The van der Waals surface area contributed by atoms with E-state index in [-0.39, 0.29) is 6.04 Å². The van der Waals surface area contributed by atoms with E-state index in [4.69, 9.17) is 5.73 Å². The fourth-order valence-electron chi connectivity index (χ4n) is 1.51. The highest BCUT2D eigenvalue weighted by molar-refractivity contribution is 7.15. The first-order valence-electron chi connectivity index (χ1n) is 6.05. The Morgan fingerprint density at radius 2 is 1.89 bits per heavy atom. The van der Waals surface area contributed by atoms with Crippen molar-refractivity contribution in [3.63, 3.8) is 0 Å². The minimum atomic E-state index is 0.259. The number of hydrogen-bond donors (Lipinski definition) is 3. The summed E-state index contributed by atoms with van der Waals surface area (Å²) in [5.74, 6) is 1.21. The van der Waals surface area contributed by atoms with Crippen molar-refractivity contribution in [2.24, 2.45) is 0 Å². The van der Waals surface area contributed by atoms with E-state index >= 15 is 0 Å². The van der Waals surface area contributed by atoms with Crippen LogP contribution in [0.3, 0.4) is 0 Å². The van der Waals surface area contributed by atoms with Crippen molar-refractivity contribution in [1.29, 1.82) is 0 Å². The topological polar surface area (TPSA) is 88.8 Å². The van der Waals surface area contributed by atoms with Gasteiger partial charge in [-0.2, -0.15) is 0 Å². The number of aromatic nitrogens is 3. The lowest BCUT2D eigenvalue weighted by atomic mass is 10.3. The Kier molecular flexibility index (Phi) is 3.84. The van der Waals surface area contributed by atoms with E-state index in [9.17, 15) is 0 Å². The molecule has 0 amide bonds. The Morgan fingerprint density at radius 1 is 1.21 bits per heavy atom. The van der Waals surface area contributed by atoms with Gasteiger partial charge in [0.25, 0.3) is 0 Å². The van der Waals surface area contributed by atoms with Crippen molar-refractivity contribution in [2.45, 2.75) is 33.7 Å². The molecule has 2 rings (SSSR count). The summed E-state index contributed by atoms with van der Waals surface area (Å²) in [6.45, 7) is 8.07. The van der Waals surface area contributed by atoms with Crippen molar-refractivity contribution < 1.29 is 0 Å². The monoisotopic (exact) mass is 278 g/mol. The van der Waals surface area contributed by atoms with Crippen LogP contribution in [0.25, 0.3) is 0 Å². The second kappa shape index (κ2) is 5.40. The Balaban J connectivity index is 2.25. The molecule has 0 fully saturated rings. The van der Waals surface area contributed by atoms with Crippen molar-refractivity contribution in [1.82, 2.24) is 15.0 Å². The lowest BCUT2D eigenvalue weighted by molar-refractivity contribution is 0.887. The van der Waals surface area contributed by atoms with Gasteiger partial charge in [-0.3, -0.25) is 0 Å². The summed E-state index contributed by atoms with van der Waals surface area (Å²) in [7, 11) is 0. The lowest BCUT2D eigenvalue weighted by Crippen LogP contribution is -2.14. The second-order valence-electron chi connectivity index (χ2n) is 4.57. The molecule has 4 N–H and O–H groups in total. The maximum absolute atomic E-state index is 6.05. The van der Waals surface area contributed by atoms with E-state index in [1.807, 2.05) is 27.7 Å². The van der Waals surface area contributed by atoms with E-state index in [1.165, 1.54) is 11.2 Å². The van der Waals surface area contributed by atoms with Gasteiger partial charge in [0.05, 0.1) is 5.69 Å². The molecule has 2 heterocycles. The number of nitrogen functional groups attached to an aromatic ring is 1. The minimum absolute atomic E-state index is 0.259. The van der Waals surface area contributed by atoms with Crippen LogP contribution in [0, 0.1) is 13.8 Å². The van der Waals surface area contributed by atoms with Gasteiger partial charge >= 0.3 is 0 Å². The second-order valence-corrected chi connectivity index (χ2v) is 5.77. The van der Waals surface area contributed by atoms with E-state index in [0.29, 0.717) is 17.3 Å². The number of nitrogens with one attached hydrogen (secondary N) is 2. The van der Waals surface area contributed by atoms with Crippen molar-refractivity contribution in [3.8, 4) is 0 Å². The summed E-state index contributed by atoms with van der Waals surface area (Å²) in [4.78, 5) is 13.9. The van der Waals surface area contributed by atoms with Crippen LogP contribution in [0.5, 0.6) is 0 Å². The predicted octanol–water partition coefficient (Wildman–Crippen LogP) is 2.70. The number of anilines is 4. The standard InChI is InChI=1S/C12H18N6S/c1-6(2)16-10-9(13)11(15-5-14-10)18-12-17-7(3)8(4)19-12/h5-6H,13H2,1-4H3,(H2,14,15,16,17,18). The smallest absolute Gasteiger partial charge is 0.188 e. The molecule has 7 heteroatoms. The molecule has 0 unspecified atom stereocenters. The van der Waals surface area contributed by atoms with Gasteiger partial charge in [0, 0.05) is 10.9 Å². The third-order valence-corrected chi connectivity index (χ3v) is 3.55. The molecule has 0 radical (unpaired) electrons. The highest BCUT2D eigenvalue weighted by atomic mass is 32.1. The van der Waals surface area contributed by atoms with Crippen LogP contribution in [-0.4, -0.2) is 21.0 Å². The molecule has 0 atom stereocenters. The first-order chi connectivity index (χ1) is 8.97. The number of nitrogens with zero attached hydrogens (tertiary/aromatic N) is 3. The van der Waals surface area contributed by atoms with E-state index in [2.05, 4.69) is 25.6 Å². The number of nitrogens with two attached hydrogens (primary N) is 1. The first-order valence-corrected chi connectivity index (χ1v) is 6.87. The maximum atomic E-state index is 6.05. The van der Waals surface area contributed by atoms with Gasteiger partial charge in [0.15, 0.2) is 16.8 Å². The molecule has 2 aromatic rings. The van der Waals surface area contributed by atoms with Crippen LogP contribution in [0.15, 0.2) is 6.33 Å². The molecule has 2 aromatic heterocycles. The van der Waals surface area contributed by atoms with Crippen LogP contribution in [0.2, 0.25) is 0 Å². The van der Waals surface area contributed by atoms with E-state index in [1.54, 1.807) is 11.3 Å². The fraction of sp³-hybridized carbons (Fsp3) is 0.417. The van der Waals surface area contributed by atoms with Crippen LogP contribution < -0.4 is 16.4 Å². The normalized spacial score (nSPS) is 10.8. The van der Waals surface area contributed by atoms with Gasteiger partial charge in [-0.05, 0) is 27.7 Å². The molecular formula is C12H18N6S. The highest BCUT2D eigenvalue weighted by Crippen LogP contribution is 2.29. The van der Waals surface area contributed by atoms with Crippen molar-refractivity contribution in [2.75, 3.05) is 16.4 Å². The fourth-order valence-corrected chi connectivity index (χ4v) is 2.32. The summed E-state index contributed by atoms with van der Waals surface area (Å²) in [6.07, 6.45) is 1.48. The van der Waals surface area contributed by atoms with Crippen LogP contribution in [-0.2, 0) is 0 Å². The van der Waals surface area contributed by atoms with Gasteiger partial charge in [-0.25, -0.2) is 15.0 Å². The SMILES string of the molecule is Cc1nc(Nc2ncnc(NC(C)C)c2N)sc1C. The molecule has 0 aliphatic carbocycles. The Hall–Kier alpha value is -1.89. The van der Waals surface area contributed by atoms with Crippen LogP contribution in [0.4, 0.5) is 22.5 Å². The summed E-state index contributed by atoms with van der Waals surface area (Å²) in [6, 6.07) is 0.259. The molecule has 102 valence electrons. The molecule has 0 saturated heterocycles. The van der Waals surface area contributed by atoms with Crippen LogP contribution in [0.1, 0.15) is 24.4 Å². The summed E-state index contributed by atoms with van der Waals surface area (Å²) in [5, 5.41) is 7.11. The summed E-state index contributed by atoms with van der Waals surface area (Å²) in [5.41, 5.74) is 7.57. The van der Waals surface area contributed by atoms with Gasteiger partial charge < -0.3 is 16.4 Å². The molecule has 0 bridgehead atoms. The number of thiazole rings is 1. The van der Waals surface area contributed by atoms with Crippen molar-refractivity contribution >= 4 is 33.8 Å². The largest absolute Gasteiger partial charge is 0.393 e. The van der Waals surface area contributed by atoms with Gasteiger partial charge in [-0.15, -0.1) is 11.3 Å². The Bertz CT molecular complexity index is 558. The third-order valence-electron chi connectivity index (χ3n) is 2.56. The highest BCUT2D eigenvalue weighted by Gasteiger charge is 2.11. The average Bonchev–Trinajstić information content (AvgIpc) is 2.63. The van der Waals surface area contributed by atoms with Gasteiger partial charge in [0.1, 0.15) is 12.0 Å². The molecular weight excluding hydrogens is 260 g/mol. The first kappa shape index (κ1) is 13.5. The Labute approximate surface area is 116 Å². The molecule has 0 aromatic carbocycles. The number of rotatable bonds is 4. The van der Waals surface area contributed by atoms with Crippen LogP contribution >= 0.6 is 11.3 Å². The molecule has 6 nitrogen and oxygen atoms in total. The van der Waals surface area contributed by atoms with E-state index < -0.39 is 0 Å². The molecule has 0 aliphatic heterocycles. The number of hydrogen-bond acceptors (Lipinski definition) is 7. The maximum Gasteiger partial charge on any atom is 0.188 e. The van der Waals surface area contributed by atoms with Crippen molar-refractivity contribution in [3.05, 3.63) is 16.9 Å². The zero-order chi connectivity index (χ0) is 14.0. The molecule has 0 aliphatic rings. The van der Waals surface area contributed by atoms with Gasteiger partial charge in [-0.1, -0.05) is 0 Å². The Morgan fingerprint density at radius 3 is 2.47 bits per heavy atom. The summed E-state index contributed by atoms with van der Waals surface area (Å²) >= 11 is 1.58. The average molecular weight is 278 g/mol. The molecule has 19 heavy (non-hydrogen) atoms. The third kappa shape index (κ3) is 3.11. The zero-order valence-electron chi connectivity index (χ0n) is 11.5. The predicted molar refractivity (Wildman–Crippen MR) is 80.1 cm³/mol. The lowest BCUT2D eigenvalue weighted by Gasteiger charge is -2.13. The quantitative estimate of drug-likeness (QED) is 0.797. The zero-order valence-corrected chi connectivity index (χ0v) is 12.3. The minimum Gasteiger partial charge on any atom is -0.393 e. The summed E-state index contributed by atoms with van der Waals surface area (Å²) < 4.78 is 0.